The van der Waals surface area contributed by atoms with Gasteiger partial charge in [-0.2, -0.15) is 0 Å². The molecule has 0 fully saturated rings. The average molecular weight is 1670 g/mol. The van der Waals surface area contributed by atoms with Crippen LogP contribution in [0.25, 0.3) is 44.5 Å². The number of benzene rings is 8. The molecular formula is C100H148F4O8Si4. The molecule has 0 radical (unpaired) electrons. The topological polar surface area (TPSA) is 95.8 Å². The minimum absolute atomic E-state index is 0.130. The van der Waals surface area contributed by atoms with Crippen molar-refractivity contribution in [2.45, 2.75) is 303 Å². The van der Waals surface area contributed by atoms with Crippen LogP contribution in [-0.2, 0) is 53.6 Å². The lowest BCUT2D eigenvalue weighted by atomic mass is 9.81. The standard InChI is InChI=1S/2C26H39FO2Si.2C24H35FO2Si/c2*1-10-28-24(25(2,3)4)22-17-19(18-29-30(8,9)26(5,6)7)15-16-20(22)21-13-11-12-14-23(21)27;2*1-23(2,3)22(26)20-15-17(16-27-28(7,8)24(4,5)6)13-14-18(20)19-11-9-10-12-21(19)25/h2*11-17,24H,10,18H2,1-9H3;2*9-15,22,26H,16H2,1-8H3/t2*24-;2*22-/m1010/s1. The van der Waals surface area contributed by atoms with Crippen molar-refractivity contribution in [3.63, 3.8) is 0 Å². The molecule has 8 aromatic rings. The van der Waals surface area contributed by atoms with Gasteiger partial charge in [-0.05, 0) is 199 Å². The van der Waals surface area contributed by atoms with E-state index in [0.717, 1.165) is 66.8 Å². The van der Waals surface area contributed by atoms with E-state index in [9.17, 15) is 27.8 Å². The lowest BCUT2D eigenvalue weighted by Crippen LogP contribution is -2.40. The number of aliphatic hydroxyl groups excluding tert-OH is 2. The number of halogens is 4. The van der Waals surface area contributed by atoms with Gasteiger partial charge in [-0.25, -0.2) is 17.6 Å². The monoisotopic (exact) mass is 1670 g/mol. The average Bonchev–Trinajstić information content (AvgIpc) is 0.803. The first-order valence-electron chi connectivity index (χ1n) is 41.7. The molecule has 116 heavy (non-hydrogen) atoms. The first-order chi connectivity index (χ1) is 53.0. The van der Waals surface area contributed by atoms with Gasteiger partial charge in [-0.15, -0.1) is 0 Å². The van der Waals surface area contributed by atoms with Crippen LogP contribution in [0.2, 0.25) is 72.5 Å². The van der Waals surface area contributed by atoms with Gasteiger partial charge in [0.25, 0.3) is 0 Å². The van der Waals surface area contributed by atoms with E-state index in [1.807, 2.05) is 140 Å². The highest BCUT2D eigenvalue weighted by Gasteiger charge is 2.42. The third-order valence-corrected chi connectivity index (χ3v) is 41.7. The van der Waals surface area contributed by atoms with Gasteiger partial charge in [0.15, 0.2) is 33.3 Å². The van der Waals surface area contributed by atoms with E-state index in [1.54, 1.807) is 36.4 Å². The molecule has 2 N–H and O–H groups in total. The maximum absolute atomic E-state index is 14.7. The summed E-state index contributed by atoms with van der Waals surface area (Å²) in [5, 5.41) is 22.6. The van der Waals surface area contributed by atoms with Crippen molar-refractivity contribution in [3.05, 3.63) is 238 Å². The van der Waals surface area contributed by atoms with Crippen molar-refractivity contribution >= 4 is 33.3 Å². The van der Waals surface area contributed by atoms with Gasteiger partial charge in [0.1, 0.15) is 23.3 Å². The summed E-state index contributed by atoms with van der Waals surface area (Å²) in [6.45, 7) is 77.0. The quantitative estimate of drug-likeness (QED) is 0.0456. The molecule has 0 unspecified atom stereocenters. The molecule has 8 aromatic carbocycles. The lowest BCUT2D eigenvalue weighted by Gasteiger charge is -2.36. The molecule has 0 saturated heterocycles. The van der Waals surface area contributed by atoms with Crippen molar-refractivity contribution in [2.75, 3.05) is 13.2 Å². The highest BCUT2D eigenvalue weighted by Crippen LogP contribution is 2.48. The molecule has 0 amide bonds. The van der Waals surface area contributed by atoms with E-state index in [0.29, 0.717) is 61.9 Å². The Bertz CT molecular complexity index is 4170. The van der Waals surface area contributed by atoms with E-state index < -0.39 is 45.5 Å². The summed E-state index contributed by atoms with van der Waals surface area (Å²) in [5.41, 5.74) is 12.2. The van der Waals surface area contributed by atoms with Gasteiger partial charge in [0.05, 0.1) is 50.8 Å². The molecule has 640 valence electrons. The third kappa shape index (κ3) is 27.5. The second-order valence-electron chi connectivity index (χ2n) is 41.7. The van der Waals surface area contributed by atoms with E-state index in [-0.39, 0.29) is 77.3 Å². The molecule has 0 heterocycles. The van der Waals surface area contributed by atoms with Crippen LogP contribution >= 0.6 is 0 Å². The maximum atomic E-state index is 14.7. The van der Waals surface area contributed by atoms with Crippen molar-refractivity contribution in [1.29, 1.82) is 0 Å². The Balaban J connectivity index is 0.000000276. The van der Waals surface area contributed by atoms with Gasteiger partial charge >= 0.3 is 0 Å². The van der Waals surface area contributed by atoms with Crippen LogP contribution in [-0.4, -0.2) is 56.7 Å². The van der Waals surface area contributed by atoms with E-state index in [4.69, 9.17) is 27.2 Å². The van der Waals surface area contributed by atoms with Crippen LogP contribution in [0.15, 0.2) is 170 Å². The normalized spacial score (nSPS) is 14.1. The highest BCUT2D eigenvalue weighted by atomic mass is 28.4. The molecule has 0 aliphatic carbocycles. The largest absolute Gasteiger partial charge is 0.413 e. The fourth-order valence-corrected chi connectivity index (χ4v) is 16.0. The lowest BCUT2D eigenvalue weighted by molar-refractivity contribution is -0.0129. The van der Waals surface area contributed by atoms with Gasteiger partial charge in [0, 0.05) is 35.5 Å². The number of hydrogen-bond donors (Lipinski definition) is 2. The van der Waals surface area contributed by atoms with Crippen LogP contribution in [0, 0.1) is 44.9 Å². The minimum Gasteiger partial charge on any atom is -0.413 e. The fraction of sp³-hybridized carbons (Fsp3) is 0.520. The number of aliphatic hydroxyl groups is 2. The summed E-state index contributed by atoms with van der Waals surface area (Å²) in [4.78, 5) is 0. The Morgan fingerprint density at radius 1 is 0.267 bits per heavy atom. The van der Waals surface area contributed by atoms with Crippen LogP contribution in [0.5, 0.6) is 0 Å². The zero-order chi connectivity index (χ0) is 88.1. The van der Waals surface area contributed by atoms with Crippen molar-refractivity contribution in [3.8, 4) is 44.5 Å². The zero-order valence-corrected chi connectivity index (χ0v) is 81.6. The van der Waals surface area contributed by atoms with Crippen LogP contribution in [0.1, 0.15) is 249 Å². The minimum atomic E-state index is -1.88. The molecule has 8 rings (SSSR count). The summed E-state index contributed by atoms with van der Waals surface area (Å²) in [6, 6.07) is 51.6. The van der Waals surface area contributed by atoms with Crippen LogP contribution < -0.4 is 0 Å². The Labute approximate surface area is 704 Å². The first-order valence-corrected chi connectivity index (χ1v) is 53.3. The summed E-state index contributed by atoms with van der Waals surface area (Å²) < 4.78 is 96.3. The Kier molecular flexibility index (Phi) is 34.8. The first kappa shape index (κ1) is 101. The predicted molar refractivity (Wildman–Crippen MR) is 492 cm³/mol. The predicted octanol–water partition coefficient (Wildman–Crippen LogP) is 30.5. The Hall–Kier alpha value is -5.97. The van der Waals surface area contributed by atoms with E-state index >= 15 is 0 Å². The summed E-state index contributed by atoms with van der Waals surface area (Å²) in [5.74, 6) is -0.994. The van der Waals surface area contributed by atoms with Crippen LogP contribution in [0.4, 0.5) is 17.6 Å². The molecule has 8 nitrogen and oxygen atoms in total. The van der Waals surface area contributed by atoms with Gasteiger partial charge < -0.3 is 37.4 Å². The number of ether oxygens (including phenoxy) is 2. The van der Waals surface area contributed by atoms with Gasteiger partial charge in [0.2, 0.25) is 0 Å². The smallest absolute Gasteiger partial charge is 0.192 e. The summed E-state index contributed by atoms with van der Waals surface area (Å²) in [6.07, 6.45) is -1.72. The van der Waals surface area contributed by atoms with Gasteiger partial charge in [-0.3, -0.25) is 0 Å². The van der Waals surface area contributed by atoms with E-state index in [2.05, 4.69) is 201 Å². The van der Waals surface area contributed by atoms with Crippen molar-refractivity contribution in [1.82, 2.24) is 0 Å². The fourth-order valence-electron chi connectivity index (χ4n) is 12.2. The van der Waals surface area contributed by atoms with Gasteiger partial charge in [-0.1, -0.05) is 312 Å². The zero-order valence-electron chi connectivity index (χ0n) is 77.6. The van der Waals surface area contributed by atoms with Crippen LogP contribution in [0.3, 0.4) is 0 Å². The Morgan fingerprint density at radius 2 is 0.457 bits per heavy atom. The third-order valence-electron chi connectivity index (χ3n) is 23.8. The van der Waals surface area contributed by atoms with E-state index in [1.165, 1.54) is 24.3 Å². The Morgan fingerprint density at radius 3 is 0.629 bits per heavy atom. The SMILES string of the molecule is CC(C)(C)[C@@H](O)c1cc(CO[Si](C)(C)C(C)(C)C)ccc1-c1ccccc1F.CC(C)(C)[C@H](O)c1cc(CO[Si](C)(C)C(C)(C)C)ccc1-c1ccccc1F.CCO[C@@H](c1cc(CO[Si](C)(C)C(C)(C)C)ccc1-c1ccccc1F)C(C)(C)C.CCO[C@H](c1cc(CO[Si](C)(C)C(C)(C)C)ccc1-c1ccccc1F)C(C)(C)C. The second kappa shape index (κ2) is 40.1. The van der Waals surface area contributed by atoms with Crippen molar-refractivity contribution in [2.24, 2.45) is 21.7 Å². The summed E-state index contributed by atoms with van der Waals surface area (Å²) in [7, 11) is -7.48. The molecule has 0 aliphatic heterocycles. The maximum Gasteiger partial charge on any atom is 0.192 e. The molecular weight excluding hydrogens is 1520 g/mol. The molecule has 0 aliphatic rings. The molecule has 0 aromatic heterocycles. The number of hydrogen-bond acceptors (Lipinski definition) is 8. The molecule has 0 saturated carbocycles. The van der Waals surface area contributed by atoms with Crippen molar-refractivity contribution < 1.29 is 55.0 Å². The number of rotatable bonds is 24. The highest BCUT2D eigenvalue weighted by molar-refractivity contribution is 6.75. The molecule has 16 heteroatoms. The summed E-state index contributed by atoms with van der Waals surface area (Å²) >= 11 is 0. The molecule has 0 bridgehead atoms. The molecule has 0 spiro atoms. The molecule has 4 atom stereocenters. The second-order valence-corrected chi connectivity index (χ2v) is 61.0.